The van der Waals surface area contributed by atoms with E-state index in [9.17, 15) is 0 Å². The first-order valence-electron chi connectivity index (χ1n) is 4.62. The molecule has 0 N–H and O–H groups in total. The molecule has 0 aliphatic carbocycles. The number of aromatic nitrogens is 4. The summed E-state index contributed by atoms with van der Waals surface area (Å²) >= 11 is 0. The fourth-order valence-corrected chi connectivity index (χ4v) is 1.39. The van der Waals surface area contributed by atoms with Crippen molar-refractivity contribution in [2.45, 2.75) is 20.4 Å². The van der Waals surface area contributed by atoms with Gasteiger partial charge in [-0.2, -0.15) is 0 Å². The minimum Gasteiger partial charge on any atom is -0.313 e. The lowest BCUT2D eigenvalue weighted by Crippen LogP contribution is -1.99. The van der Waals surface area contributed by atoms with Crippen LogP contribution in [0.1, 0.15) is 12.5 Å². The van der Waals surface area contributed by atoms with Crippen LogP contribution < -0.4 is 0 Å². The Morgan fingerprint density at radius 1 is 1.43 bits per heavy atom. The van der Waals surface area contributed by atoms with Gasteiger partial charge in [-0.1, -0.05) is 6.07 Å². The van der Waals surface area contributed by atoms with Gasteiger partial charge in [-0.3, -0.25) is 4.98 Å². The summed E-state index contributed by atoms with van der Waals surface area (Å²) in [5.74, 6) is 0.839. The Morgan fingerprint density at radius 3 is 3.00 bits per heavy atom. The Bertz CT molecular complexity index is 433. The van der Waals surface area contributed by atoms with Crippen LogP contribution in [0.25, 0.3) is 11.5 Å². The van der Waals surface area contributed by atoms with Gasteiger partial charge < -0.3 is 4.57 Å². The third-order valence-corrected chi connectivity index (χ3v) is 2.18. The molecule has 4 heteroatoms. The zero-order valence-electron chi connectivity index (χ0n) is 8.31. The van der Waals surface area contributed by atoms with Crippen LogP contribution in [0.5, 0.6) is 0 Å². The molecule has 2 aromatic rings. The molecule has 0 fully saturated rings. The summed E-state index contributed by atoms with van der Waals surface area (Å²) in [6.45, 7) is 4.94. The van der Waals surface area contributed by atoms with E-state index < -0.39 is 0 Å². The third-order valence-electron chi connectivity index (χ3n) is 2.18. The summed E-state index contributed by atoms with van der Waals surface area (Å²) < 4.78 is 1.98. The molecule has 0 aliphatic rings. The summed E-state index contributed by atoms with van der Waals surface area (Å²) in [5, 5.41) is 7.95. The van der Waals surface area contributed by atoms with Crippen molar-refractivity contribution < 1.29 is 0 Å². The largest absolute Gasteiger partial charge is 0.313 e. The average Bonchev–Trinajstić information content (AvgIpc) is 2.66. The van der Waals surface area contributed by atoms with Crippen molar-refractivity contribution in [3.8, 4) is 11.5 Å². The molecule has 4 nitrogen and oxygen atoms in total. The summed E-state index contributed by atoms with van der Waals surface area (Å²) in [6, 6.07) is 3.95. The normalized spacial score (nSPS) is 10.4. The smallest absolute Gasteiger partial charge is 0.182 e. The van der Waals surface area contributed by atoms with Crippen molar-refractivity contribution in [1.82, 2.24) is 19.7 Å². The van der Waals surface area contributed by atoms with Gasteiger partial charge >= 0.3 is 0 Å². The zero-order valence-corrected chi connectivity index (χ0v) is 8.31. The standard InChI is InChI=1S/C10H12N4/c1-3-14-7-12-13-10(14)9-8(2)5-4-6-11-9/h4-7H,3H2,1-2H3. The molecule has 0 bridgehead atoms. The van der Waals surface area contributed by atoms with Gasteiger partial charge in [0.2, 0.25) is 0 Å². The number of hydrogen-bond donors (Lipinski definition) is 0. The lowest BCUT2D eigenvalue weighted by Gasteiger charge is -2.04. The Balaban J connectivity index is 2.54. The van der Waals surface area contributed by atoms with E-state index in [0.29, 0.717) is 0 Å². The van der Waals surface area contributed by atoms with Crippen molar-refractivity contribution in [3.63, 3.8) is 0 Å². The zero-order chi connectivity index (χ0) is 9.97. The molecule has 0 unspecified atom stereocenters. The molecule has 0 saturated heterocycles. The predicted molar refractivity (Wildman–Crippen MR) is 53.7 cm³/mol. The Hall–Kier alpha value is -1.71. The van der Waals surface area contributed by atoms with Gasteiger partial charge in [-0.25, -0.2) is 0 Å². The molecule has 0 atom stereocenters. The molecule has 0 spiro atoms. The highest BCUT2D eigenvalue weighted by Crippen LogP contribution is 2.17. The van der Waals surface area contributed by atoms with Gasteiger partial charge in [0.15, 0.2) is 5.82 Å². The number of hydrogen-bond acceptors (Lipinski definition) is 3. The van der Waals surface area contributed by atoms with Gasteiger partial charge in [0.25, 0.3) is 0 Å². The van der Waals surface area contributed by atoms with E-state index in [1.54, 1.807) is 12.5 Å². The number of nitrogens with zero attached hydrogens (tertiary/aromatic N) is 4. The number of aryl methyl sites for hydroxylation is 2. The van der Waals surface area contributed by atoms with Crippen molar-refractivity contribution in [2.24, 2.45) is 0 Å². The van der Waals surface area contributed by atoms with Crippen LogP contribution in [-0.4, -0.2) is 19.7 Å². The summed E-state index contributed by atoms with van der Waals surface area (Å²) in [5.41, 5.74) is 2.03. The molecule has 2 heterocycles. The fourth-order valence-electron chi connectivity index (χ4n) is 1.39. The molecule has 0 amide bonds. The molecule has 0 aromatic carbocycles. The second-order valence-corrected chi connectivity index (χ2v) is 3.11. The topological polar surface area (TPSA) is 43.6 Å². The van der Waals surface area contributed by atoms with Crippen molar-refractivity contribution in [2.75, 3.05) is 0 Å². The maximum atomic E-state index is 4.31. The van der Waals surface area contributed by atoms with E-state index in [1.165, 1.54) is 0 Å². The highest BCUT2D eigenvalue weighted by atomic mass is 15.3. The lowest BCUT2D eigenvalue weighted by molar-refractivity contribution is 0.764. The van der Waals surface area contributed by atoms with Gasteiger partial charge in [0.05, 0.1) is 0 Å². The minimum absolute atomic E-state index is 0.839. The third kappa shape index (κ3) is 1.39. The maximum absolute atomic E-state index is 4.31. The summed E-state index contributed by atoms with van der Waals surface area (Å²) in [6.07, 6.45) is 3.50. The van der Waals surface area contributed by atoms with E-state index in [-0.39, 0.29) is 0 Å². The van der Waals surface area contributed by atoms with Gasteiger partial charge in [0.1, 0.15) is 12.0 Å². The van der Waals surface area contributed by atoms with Crippen molar-refractivity contribution in [1.29, 1.82) is 0 Å². The van der Waals surface area contributed by atoms with Crippen molar-refractivity contribution in [3.05, 3.63) is 30.2 Å². The van der Waals surface area contributed by atoms with E-state index in [2.05, 4.69) is 22.1 Å². The quantitative estimate of drug-likeness (QED) is 0.720. The second-order valence-electron chi connectivity index (χ2n) is 3.11. The van der Waals surface area contributed by atoms with E-state index in [4.69, 9.17) is 0 Å². The molecule has 0 saturated carbocycles. The van der Waals surface area contributed by atoms with E-state index >= 15 is 0 Å². The van der Waals surface area contributed by atoms with Gasteiger partial charge in [0, 0.05) is 12.7 Å². The second kappa shape index (κ2) is 3.57. The van der Waals surface area contributed by atoms with E-state index in [0.717, 1.165) is 23.6 Å². The summed E-state index contributed by atoms with van der Waals surface area (Å²) in [7, 11) is 0. The van der Waals surface area contributed by atoms with E-state index in [1.807, 2.05) is 23.6 Å². The van der Waals surface area contributed by atoms with Crippen LogP contribution in [-0.2, 0) is 6.54 Å². The number of rotatable bonds is 2. The predicted octanol–water partition coefficient (Wildman–Crippen LogP) is 1.67. The molecule has 0 aliphatic heterocycles. The fraction of sp³-hybridized carbons (Fsp3) is 0.300. The average molecular weight is 188 g/mol. The molecule has 0 radical (unpaired) electrons. The molecule has 72 valence electrons. The molecule has 2 aromatic heterocycles. The van der Waals surface area contributed by atoms with Crippen molar-refractivity contribution >= 4 is 0 Å². The molecular weight excluding hydrogens is 176 g/mol. The van der Waals surface area contributed by atoms with Crippen LogP contribution in [0.15, 0.2) is 24.7 Å². The van der Waals surface area contributed by atoms with Gasteiger partial charge in [-0.05, 0) is 25.5 Å². The summed E-state index contributed by atoms with van der Waals surface area (Å²) in [4.78, 5) is 4.31. The number of pyridine rings is 1. The van der Waals surface area contributed by atoms with Crippen LogP contribution in [0.3, 0.4) is 0 Å². The Morgan fingerprint density at radius 2 is 2.29 bits per heavy atom. The van der Waals surface area contributed by atoms with Crippen LogP contribution in [0, 0.1) is 6.92 Å². The molecule has 2 rings (SSSR count). The van der Waals surface area contributed by atoms with Crippen LogP contribution in [0.4, 0.5) is 0 Å². The monoisotopic (exact) mass is 188 g/mol. The molecule has 14 heavy (non-hydrogen) atoms. The Labute approximate surface area is 82.6 Å². The highest BCUT2D eigenvalue weighted by molar-refractivity contribution is 5.53. The van der Waals surface area contributed by atoms with Crippen LogP contribution in [0.2, 0.25) is 0 Å². The minimum atomic E-state index is 0.839. The first-order chi connectivity index (χ1) is 6.83. The van der Waals surface area contributed by atoms with Gasteiger partial charge in [-0.15, -0.1) is 10.2 Å². The molecular formula is C10H12N4. The van der Waals surface area contributed by atoms with Crippen LogP contribution >= 0.6 is 0 Å². The Kier molecular flexibility index (Phi) is 2.26. The highest BCUT2D eigenvalue weighted by Gasteiger charge is 2.08. The maximum Gasteiger partial charge on any atom is 0.182 e. The first kappa shape index (κ1) is 8.87. The first-order valence-corrected chi connectivity index (χ1v) is 4.62. The lowest BCUT2D eigenvalue weighted by atomic mass is 10.2. The SMILES string of the molecule is CCn1cnnc1-c1ncccc1C.